The molecular formula is C10H6Cl2N4O2S. The molecule has 0 fully saturated rings. The first-order valence-corrected chi connectivity index (χ1v) is 6.38. The molecule has 2 aromatic rings. The fourth-order valence-electron chi connectivity index (χ4n) is 1.09. The number of anilines is 1. The van der Waals surface area contributed by atoms with Crippen LogP contribution in [0.25, 0.3) is 0 Å². The zero-order valence-corrected chi connectivity index (χ0v) is 11.5. The summed E-state index contributed by atoms with van der Waals surface area (Å²) in [6, 6.07) is 4.58. The highest BCUT2D eigenvalue weighted by Crippen LogP contribution is 2.26. The predicted octanol–water partition coefficient (Wildman–Crippen LogP) is 2.41. The third kappa shape index (κ3) is 3.40. The highest BCUT2D eigenvalue weighted by atomic mass is 35.5. The van der Waals surface area contributed by atoms with Gasteiger partial charge in [-0.25, -0.2) is 0 Å². The highest BCUT2D eigenvalue weighted by Gasteiger charge is 2.10. The number of carbonyl (C=O) groups is 1. The summed E-state index contributed by atoms with van der Waals surface area (Å²) in [5.41, 5.74) is 5.35. The van der Waals surface area contributed by atoms with Crippen LogP contribution in [-0.2, 0) is 4.79 Å². The zero-order chi connectivity index (χ0) is 13.8. The smallest absolute Gasteiger partial charge is 0.200 e. The molecule has 0 unspecified atom stereocenters. The molecule has 0 spiro atoms. The van der Waals surface area contributed by atoms with Crippen molar-refractivity contribution in [3.05, 3.63) is 34.1 Å². The average Bonchev–Trinajstić information content (AvgIpc) is 2.81. The van der Waals surface area contributed by atoms with Gasteiger partial charge in [0, 0.05) is 17.6 Å². The van der Waals surface area contributed by atoms with Crippen molar-refractivity contribution in [3.8, 4) is 5.75 Å². The number of nitrogens with zero attached hydrogens (tertiary/aromatic N) is 3. The molecule has 1 aromatic carbocycles. The molecule has 0 saturated heterocycles. The van der Waals surface area contributed by atoms with Crippen molar-refractivity contribution >= 4 is 51.9 Å². The number of oxime groups is 1. The second-order valence-corrected chi connectivity index (χ2v) is 4.82. The molecule has 1 heterocycles. The molecule has 0 aliphatic carbocycles. The molecule has 0 saturated carbocycles. The summed E-state index contributed by atoms with van der Waals surface area (Å²) < 4.78 is 3.85. The molecule has 6 nitrogen and oxygen atoms in total. The number of aldehydes is 1. The highest BCUT2D eigenvalue weighted by molar-refractivity contribution is 7.09. The lowest BCUT2D eigenvalue weighted by Gasteiger charge is -2.00. The maximum absolute atomic E-state index is 10.9. The van der Waals surface area contributed by atoms with E-state index in [-0.39, 0.29) is 16.7 Å². The summed E-state index contributed by atoms with van der Waals surface area (Å²) in [5.74, 6) is 0.439. The van der Waals surface area contributed by atoms with Crippen molar-refractivity contribution in [2.75, 3.05) is 5.73 Å². The predicted molar refractivity (Wildman–Crippen MR) is 74.0 cm³/mol. The van der Waals surface area contributed by atoms with Gasteiger partial charge in [-0.1, -0.05) is 28.4 Å². The molecular weight excluding hydrogens is 311 g/mol. The van der Waals surface area contributed by atoms with Crippen molar-refractivity contribution in [1.82, 2.24) is 9.36 Å². The summed E-state index contributed by atoms with van der Waals surface area (Å²) in [5, 5.41) is 4.58. The Labute approximate surface area is 122 Å². The summed E-state index contributed by atoms with van der Waals surface area (Å²) in [6.07, 6.45) is 0.471. The molecule has 2 rings (SSSR count). The summed E-state index contributed by atoms with van der Waals surface area (Å²) in [7, 11) is 0. The first-order chi connectivity index (χ1) is 9.10. The minimum atomic E-state index is -0.0703. The van der Waals surface area contributed by atoms with E-state index in [0.717, 1.165) is 11.5 Å². The number of nitrogens with two attached hydrogens (primary N) is 1. The van der Waals surface area contributed by atoms with Gasteiger partial charge in [0.25, 0.3) is 0 Å². The van der Waals surface area contributed by atoms with Gasteiger partial charge in [-0.2, -0.15) is 9.36 Å². The second-order valence-electron chi connectivity index (χ2n) is 3.22. The van der Waals surface area contributed by atoms with Gasteiger partial charge >= 0.3 is 0 Å². The molecule has 0 amide bonds. The number of halogens is 2. The average molecular weight is 317 g/mol. The van der Waals surface area contributed by atoms with Crippen LogP contribution in [0.15, 0.2) is 23.4 Å². The number of aromatic nitrogens is 2. The van der Waals surface area contributed by atoms with Crippen LogP contribution in [0.3, 0.4) is 0 Å². The van der Waals surface area contributed by atoms with Gasteiger partial charge < -0.3 is 10.6 Å². The molecule has 0 aliphatic rings. The Hall–Kier alpha value is -1.70. The Kier molecular flexibility index (Phi) is 4.31. The van der Waals surface area contributed by atoms with E-state index in [2.05, 4.69) is 14.5 Å². The maximum Gasteiger partial charge on any atom is 0.200 e. The molecule has 0 radical (unpaired) electrons. The van der Waals surface area contributed by atoms with Gasteiger partial charge in [0.1, 0.15) is 0 Å². The van der Waals surface area contributed by atoms with Gasteiger partial charge in [-0.3, -0.25) is 4.79 Å². The van der Waals surface area contributed by atoms with Crippen LogP contribution in [0, 0.1) is 0 Å². The number of nitrogen functional groups attached to an aromatic ring is 1. The molecule has 2 N–H and O–H groups in total. The lowest BCUT2D eigenvalue weighted by Crippen LogP contribution is -2.07. The molecule has 0 aliphatic heterocycles. The first kappa shape index (κ1) is 13.7. The van der Waals surface area contributed by atoms with E-state index in [0.29, 0.717) is 22.1 Å². The number of hydrogen-bond acceptors (Lipinski definition) is 7. The fraction of sp³-hybridized carbons (Fsp3) is 0. The van der Waals surface area contributed by atoms with E-state index >= 15 is 0 Å². The number of rotatable bonds is 4. The Balaban J connectivity index is 2.20. The summed E-state index contributed by atoms with van der Waals surface area (Å²) >= 11 is 12.5. The summed E-state index contributed by atoms with van der Waals surface area (Å²) in [4.78, 5) is 19.8. The van der Waals surface area contributed by atoms with Gasteiger partial charge in [-0.05, 0) is 12.1 Å². The fourth-order valence-corrected chi connectivity index (χ4v) is 1.82. The largest absolute Gasteiger partial charge is 0.374 e. The van der Waals surface area contributed by atoms with Crippen LogP contribution in [0.5, 0.6) is 5.75 Å². The molecule has 9 heteroatoms. The topological polar surface area (TPSA) is 90.5 Å². The van der Waals surface area contributed by atoms with Crippen molar-refractivity contribution in [3.63, 3.8) is 0 Å². The molecule has 0 atom stereocenters. The Morgan fingerprint density at radius 3 is 2.79 bits per heavy atom. The third-order valence-electron chi connectivity index (χ3n) is 1.92. The minimum Gasteiger partial charge on any atom is -0.374 e. The van der Waals surface area contributed by atoms with Crippen molar-refractivity contribution in [2.45, 2.75) is 0 Å². The van der Waals surface area contributed by atoms with Crippen LogP contribution < -0.4 is 10.6 Å². The lowest BCUT2D eigenvalue weighted by atomic mass is 10.3. The second kappa shape index (κ2) is 5.96. The van der Waals surface area contributed by atoms with Crippen LogP contribution in [0.1, 0.15) is 5.82 Å². The van der Waals surface area contributed by atoms with E-state index in [1.807, 2.05) is 0 Å². The van der Waals surface area contributed by atoms with E-state index in [9.17, 15) is 4.79 Å². The minimum absolute atomic E-state index is 0.0703. The number of carbonyl (C=O) groups excluding carboxylic acids is 1. The Morgan fingerprint density at radius 2 is 2.21 bits per heavy atom. The standard InChI is InChI=1S/C10H6Cl2N4O2S/c11-6-2-1-5(3-7(6)12)18-15-8(4-17)9-14-10(13)19-16-9/h1-4H,(H2,13,14,16)/b15-8+. The van der Waals surface area contributed by atoms with Crippen LogP contribution in [-0.4, -0.2) is 21.4 Å². The molecule has 98 valence electrons. The SMILES string of the molecule is Nc1nc(/C(C=O)=N/Oc2ccc(Cl)c(Cl)c2)ns1. The van der Waals surface area contributed by atoms with Gasteiger partial charge in [-0.15, -0.1) is 0 Å². The number of benzene rings is 1. The van der Waals surface area contributed by atoms with Gasteiger partial charge in [0.05, 0.1) is 10.0 Å². The van der Waals surface area contributed by atoms with Gasteiger partial charge in [0.2, 0.25) is 0 Å². The van der Waals surface area contributed by atoms with Gasteiger partial charge in [0.15, 0.2) is 28.7 Å². The Bertz CT molecular complexity index is 644. The maximum atomic E-state index is 10.9. The normalized spacial score (nSPS) is 11.4. The Morgan fingerprint density at radius 1 is 1.42 bits per heavy atom. The van der Waals surface area contributed by atoms with Crippen molar-refractivity contribution in [2.24, 2.45) is 5.16 Å². The molecule has 19 heavy (non-hydrogen) atoms. The van der Waals surface area contributed by atoms with Crippen LogP contribution in [0.4, 0.5) is 5.13 Å². The third-order valence-corrected chi connectivity index (χ3v) is 3.20. The van der Waals surface area contributed by atoms with E-state index in [1.165, 1.54) is 6.07 Å². The van der Waals surface area contributed by atoms with E-state index in [4.69, 9.17) is 33.8 Å². The quantitative estimate of drug-likeness (QED) is 0.531. The molecule has 1 aromatic heterocycles. The van der Waals surface area contributed by atoms with Crippen LogP contribution in [0.2, 0.25) is 10.0 Å². The summed E-state index contributed by atoms with van der Waals surface area (Å²) in [6.45, 7) is 0. The zero-order valence-electron chi connectivity index (χ0n) is 9.21. The monoisotopic (exact) mass is 316 g/mol. The van der Waals surface area contributed by atoms with Crippen molar-refractivity contribution in [1.29, 1.82) is 0 Å². The van der Waals surface area contributed by atoms with E-state index in [1.54, 1.807) is 12.1 Å². The molecule has 0 bridgehead atoms. The van der Waals surface area contributed by atoms with Crippen LogP contribution >= 0.6 is 34.7 Å². The first-order valence-electron chi connectivity index (χ1n) is 4.85. The van der Waals surface area contributed by atoms with E-state index < -0.39 is 0 Å². The van der Waals surface area contributed by atoms with Crippen molar-refractivity contribution < 1.29 is 9.63 Å². The number of hydrogen-bond donors (Lipinski definition) is 1. The lowest BCUT2D eigenvalue weighted by molar-refractivity contribution is -0.102.